The molecule has 1 aliphatic heterocycles. The third-order valence-electron chi connectivity index (χ3n) is 3.86. The van der Waals surface area contributed by atoms with Gasteiger partial charge in [-0.2, -0.15) is 13.2 Å². The van der Waals surface area contributed by atoms with Gasteiger partial charge in [0, 0.05) is 6.54 Å². The first-order valence-electron chi connectivity index (χ1n) is 6.77. The zero-order valence-corrected chi connectivity index (χ0v) is 11.0. The summed E-state index contributed by atoms with van der Waals surface area (Å²) in [7, 11) is 0. The van der Waals surface area contributed by atoms with Gasteiger partial charge in [-0.25, -0.2) is 4.98 Å². The Morgan fingerprint density at radius 1 is 1.25 bits per heavy atom. The number of aromatic nitrogens is 2. The number of benzene rings is 1. The van der Waals surface area contributed by atoms with Gasteiger partial charge in [-0.3, -0.25) is 0 Å². The van der Waals surface area contributed by atoms with Crippen LogP contribution < -0.4 is 5.32 Å². The highest BCUT2D eigenvalue weighted by atomic mass is 19.4. The molecule has 0 bridgehead atoms. The van der Waals surface area contributed by atoms with Crippen molar-refractivity contribution in [2.45, 2.75) is 25.6 Å². The molecule has 0 radical (unpaired) electrons. The van der Waals surface area contributed by atoms with Crippen LogP contribution in [0.2, 0.25) is 0 Å². The Balaban J connectivity index is 1.98. The summed E-state index contributed by atoms with van der Waals surface area (Å²) in [6, 6.07) is 4.17. The van der Waals surface area contributed by atoms with Gasteiger partial charge in [0.05, 0.1) is 22.9 Å². The SMILES string of the molecule is FC(F)(F)c1cccc2ncn(CC3CCNCC3)c12. The molecule has 20 heavy (non-hydrogen) atoms. The number of para-hydroxylation sites is 1. The molecule has 1 aromatic heterocycles. The summed E-state index contributed by atoms with van der Waals surface area (Å²) in [6.07, 6.45) is -0.824. The van der Waals surface area contributed by atoms with Gasteiger partial charge in [-0.05, 0) is 44.0 Å². The van der Waals surface area contributed by atoms with Gasteiger partial charge in [-0.1, -0.05) is 6.07 Å². The fourth-order valence-corrected chi connectivity index (χ4v) is 2.84. The summed E-state index contributed by atoms with van der Waals surface area (Å²) in [6.45, 7) is 2.47. The molecule has 0 aliphatic carbocycles. The lowest BCUT2D eigenvalue weighted by atomic mass is 9.98. The maximum Gasteiger partial charge on any atom is 0.418 e. The van der Waals surface area contributed by atoms with E-state index >= 15 is 0 Å². The van der Waals surface area contributed by atoms with Gasteiger partial charge in [0.2, 0.25) is 0 Å². The second-order valence-corrected chi connectivity index (χ2v) is 5.26. The molecule has 1 aromatic carbocycles. The van der Waals surface area contributed by atoms with Gasteiger partial charge < -0.3 is 9.88 Å². The summed E-state index contributed by atoms with van der Waals surface area (Å²) < 4.78 is 41.0. The average Bonchev–Trinajstić information content (AvgIpc) is 2.82. The van der Waals surface area contributed by atoms with Crippen LogP contribution in [0.15, 0.2) is 24.5 Å². The molecular formula is C14H16F3N3. The van der Waals surface area contributed by atoms with E-state index in [0.717, 1.165) is 32.0 Å². The van der Waals surface area contributed by atoms with Crippen molar-refractivity contribution in [2.24, 2.45) is 5.92 Å². The van der Waals surface area contributed by atoms with Crippen molar-refractivity contribution in [1.29, 1.82) is 0 Å². The number of alkyl halides is 3. The summed E-state index contributed by atoms with van der Waals surface area (Å²) in [5.74, 6) is 0.412. The monoisotopic (exact) mass is 283 g/mol. The largest absolute Gasteiger partial charge is 0.418 e. The van der Waals surface area contributed by atoms with Crippen molar-refractivity contribution in [2.75, 3.05) is 13.1 Å². The number of hydrogen-bond donors (Lipinski definition) is 1. The van der Waals surface area contributed by atoms with Crippen LogP contribution in [-0.4, -0.2) is 22.6 Å². The Bertz CT molecular complexity index is 597. The van der Waals surface area contributed by atoms with E-state index in [0.29, 0.717) is 18.0 Å². The van der Waals surface area contributed by atoms with Crippen LogP contribution in [0.25, 0.3) is 11.0 Å². The zero-order chi connectivity index (χ0) is 14.2. The van der Waals surface area contributed by atoms with Gasteiger partial charge >= 0.3 is 6.18 Å². The highest BCUT2D eigenvalue weighted by Gasteiger charge is 2.34. The third kappa shape index (κ3) is 2.52. The van der Waals surface area contributed by atoms with E-state index in [4.69, 9.17) is 0 Å². The predicted octanol–water partition coefficient (Wildman–Crippen LogP) is 3.05. The van der Waals surface area contributed by atoms with Gasteiger partial charge in [0.25, 0.3) is 0 Å². The molecule has 0 amide bonds. The van der Waals surface area contributed by atoms with E-state index in [-0.39, 0.29) is 5.52 Å². The highest BCUT2D eigenvalue weighted by Crippen LogP contribution is 2.34. The summed E-state index contributed by atoms with van der Waals surface area (Å²) in [5, 5.41) is 3.26. The number of hydrogen-bond acceptors (Lipinski definition) is 2. The first-order valence-corrected chi connectivity index (χ1v) is 6.77. The molecule has 0 saturated carbocycles. The van der Waals surface area contributed by atoms with E-state index in [2.05, 4.69) is 10.3 Å². The number of nitrogens with zero attached hydrogens (tertiary/aromatic N) is 2. The molecule has 1 N–H and O–H groups in total. The number of fused-ring (bicyclic) bond motifs is 1. The van der Waals surface area contributed by atoms with E-state index in [1.807, 2.05) is 0 Å². The quantitative estimate of drug-likeness (QED) is 0.918. The van der Waals surface area contributed by atoms with Crippen molar-refractivity contribution in [3.05, 3.63) is 30.1 Å². The molecule has 108 valence electrons. The van der Waals surface area contributed by atoms with E-state index in [9.17, 15) is 13.2 Å². The fourth-order valence-electron chi connectivity index (χ4n) is 2.84. The molecule has 1 aliphatic rings. The Hall–Kier alpha value is -1.56. The Labute approximate surface area is 114 Å². The van der Waals surface area contributed by atoms with Gasteiger partial charge in [-0.15, -0.1) is 0 Å². The Kier molecular flexibility index (Phi) is 3.41. The minimum absolute atomic E-state index is 0.207. The summed E-state index contributed by atoms with van der Waals surface area (Å²) >= 11 is 0. The van der Waals surface area contributed by atoms with Gasteiger partial charge in [0.1, 0.15) is 0 Å². The standard InChI is InChI=1S/C14H16F3N3/c15-14(16,17)11-2-1-3-12-13(11)20(9-19-12)8-10-4-6-18-7-5-10/h1-3,9-10,18H,4-8H2. The minimum atomic E-state index is -4.34. The molecule has 0 unspecified atom stereocenters. The second kappa shape index (κ2) is 5.09. The van der Waals surface area contributed by atoms with Crippen LogP contribution in [0.1, 0.15) is 18.4 Å². The van der Waals surface area contributed by atoms with Crippen LogP contribution >= 0.6 is 0 Å². The van der Waals surface area contributed by atoms with E-state index in [1.165, 1.54) is 12.4 Å². The predicted molar refractivity (Wildman–Crippen MR) is 70.3 cm³/mol. The first-order chi connectivity index (χ1) is 9.55. The molecule has 1 fully saturated rings. The van der Waals surface area contributed by atoms with Crippen molar-refractivity contribution in [3.63, 3.8) is 0 Å². The molecule has 0 atom stereocenters. The lowest BCUT2D eigenvalue weighted by Crippen LogP contribution is -2.29. The lowest BCUT2D eigenvalue weighted by molar-refractivity contribution is -0.136. The maximum absolute atomic E-state index is 13.1. The molecule has 1 saturated heterocycles. The molecule has 2 aromatic rings. The Morgan fingerprint density at radius 3 is 2.70 bits per heavy atom. The maximum atomic E-state index is 13.1. The molecule has 6 heteroatoms. The smallest absolute Gasteiger partial charge is 0.330 e. The number of nitrogens with one attached hydrogen (secondary N) is 1. The Morgan fingerprint density at radius 2 is 2.00 bits per heavy atom. The van der Waals surface area contributed by atoms with Crippen molar-refractivity contribution < 1.29 is 13.2 Å². The average molecular weight is 283 g/mol. The van der Waals surface area contributed by atoms with Crippen molar-refractivity contribution in [3.8, 4) is 0 Å². The fraction of sp³-hybridized carbons (Fsp3) is 0.500. The number of halogens is 3. The number of imidazole rings is 1. The van der Waals surface area contributed by atoms with Crippen molar-refractivity contribution in [1.82, 2.24) is 14.9 Å². The molecule has 2 heterocycles. The minimum Gasteiger partial charge on any atom is -0.330 e. The normalized spacial score (nSPS) is 17.8. The molecule has 3 rings (SSSR count). The van der Waals surface area contributed by atoms with Crippen LogP contribution in [0, 0.1) is 5.92 Å². The number of rotatable bonds is 2. The zero-order valence-electron chi connectivity index (χ0n) is 11.0. The van der Waals surface area contributed by atoms with Crippen LogP contribution in [0.4, 0.5) is 13.2 Å². The van der Waals surface area contributed by atoms with Crippen LogP contribution in [-0.2, 0) is 12.7 Å². The van der Waals surface area contributed by atoms with Crippen molar-refractivity contribution >= 4 is 11.0 Å². The van der Waals surface area contributed by atoms with E-state index < -0.39 is 11.7 Å². The topological polar surface area (TPSA) is 29.9 Å². The van der Waals surface area contributed by atoms with E-state index in [1.54, 1.807) is 10.6 Å². The molecular weight excluding hydrogens is 267 g/mol. The number of piperidine rings is 1. The van der Waals surface area contributed by atoms with Crippen LogP contribution in [0.3, 0.4) is 0 Å². The first kappa shape index (κ1) is 13.4. The van der Waals surface area contributed by atoms with Crippen LogP contribution in [0.5, 0.6) is 0 Å². The third-order valence-corrected chi connectivity index (χ3v) is 3.86. The molecule has 0 spiro atoms. The summed E-state index contributed by atoms with van der Waals surface area (Å²) in [4.78, 5) is 4.11. The highest BCUT2D eigenvalue weighted by molar-refractivity contribution is 5.79. The molecule has 3 nitrogen and oxygen atoms in total. The van der Waals surface area contributed by atoms with Gasteiger partial charge in [0.15, 0.2) is 0 Å². The summed E-state index contributed by atoms with van der Waals surface area (Å²) in [5.41, 5.74) is 0.0220. The lowest BCUT2D eigenvalue weighted by Gasteiger charge is -2.23. The second-order valence-electron chi connectivity index (χ2n) is 5.26.